The number of ether oxygens (including phenoxy) is 1. The van der Waals surface area contributed by atoms with Gasteiger partial charge < -0.3 is 10.1 Å². The molecule has 0 saturated carbocycles. The number of anilines is 2. The lowest BCUT2D eigenvalue weighted by molar-refractivity contribution is 0.102. The topological polar surface area (TPSA) is 84.5 Å². The molecule has 0 atom stereocenters. The summed E-state index contributed by atoms with van der Waals surface area (Å²) in [6.45, 7) is 3.47. The molecule has 0 radical (unpaired) electrons. The molecule has 4 rings (SSSR count). The number of fused-ring (bicyclic) bond motifs is 2. The highest BCUT2D eigenvalue weighted by Gasteiger charge is 2.23. The third-order valence-corrected chi connectivity index (χ3v) is 6.04. The second kappa shape index (κ2) is 6.89. The molecule has 2 N–H and O–H groups in total. The Kier molecular flexibility index (Phi) is 4.50. The highest BCUT2D eigenvalue weighted by molar-refractivity contribution is 7.92. The SMILES string of the molecule is Cc1ccc2c(c1)NC(=O)c1cc(NS(=O)(=O)c3cc(F)ccc3C)ccc1O2. The normalized spacial score (nSPS) is 12.9. The molecule has 3 aromatic rings. The van der Waals surface area contributed by atoms with E-state index in [1.54, 1.807) is 19.1 Å². The Morgan fingerprint density at radius 1 is 0.966 bits per heavy atom. The second-order valence-electron chi connectivity index (χ2n) is 6.78. The number of hydrogen-bond donors (Lipinski definition) is 2. The predicted molar refractivity (Wildman–Crippen MR) is 108 cm³/mol. The Balaban J connectivity index is 1.69. The van der Waals surface area contributed by atoms with Crippen LogP contribution in [0, 0.1) is 19.7 Å². The Labute approximate surface area is 167 Å². The van der Waals surface area contributed by atoms with Crippen LogP contribution in [0.3, 0.4) is 0 Å². The minimum atomic E-state index is -4.04. The van der Waals surface area contributed by atoms with Gasteiger partial charge in [0.15, 0.2) is 5.75 Å². The number of carbonyl (C=O) groups is 1. The van der Waals surface area contributed by atoms with E-state index in [4.69, 9.17) is 4.74 Å². The number of halogens is 1. The molecule has 0 aliphatic carbocycles. The van der Waals surface area contributed by atoms with Gasteiger partial charge in [0.1, 0.15) is 11.6 Å². The summed E-state index contributed by atoms with van der Waals surface area (Å²) in [6, 6.07) is 13.3. The molecule has 0 spiro atoms. The van der Waals surface area contributed by atoms with Gasteiger partial charge in [0.2, 0.25) is 0 Å². The first-order chi connectivity index (χ1) is 13.7. The maximum Gasteiger partial charge on any atom is 0.262 e. The van der Waals surface area contributed by atoms with Crippen molar-refractivity contribution in [3.05, 3.63) is 77.1 Å². The van der Waals surface area contributed by atoms with Crippen molar-refractivity contribution in [2.45, 2.75) is 18.7 Å². The number of sulfonamides is 1. The van der Waals surface area contributed by atoms with Crippen molar-refractivity contribution in [3.63, 3.8) is 0 Å². The van der Waals surface area contributed by atoms with E-state index in [1.165, 1.54) is 30.3 Å². The van der Waals surface area contributed by atoms with Crippen LogP contribution in [0.2, 0.25) is 0 Å². The number of amides is 1. The Morgan fingerprint density at radius 2 is 1.72 bits per heavy atom. The van der Waals surface area contributed by atoms with Crippen LogP contribution in [0.4, 0.5) is 15.8 Å². The van der Waals surface area contributed by atoms with Gasteiger partial charge in [0.25, 0.3) is 15.9 Å². The third-order valence-electron chi connectivity index (χ3n) is 4.52. The highest BCUT2D eigenvalue weighted by atomic mass is 32.2. The molecule has 0 aromatic heterocycles. The van der Waals surface area contributed by atoms with Gasteiger partial charge in [0, 0.05) is 5.69 Å². The number of carbonyl (C=O) groups excluding carboxylic acids is 1. The summed E-state index contributed by atoms with van der Waals surface area (Å²) >= 11 is 0. The third kappa shape index (κ3) is 3.66. The lowest BCUT2D eigenvalue weighted by Crippen LogP contribution is -2.16. The monoisotopic (exact) mass is 412 g/mol. The van der Waals surface area contributed by atoms with E-state index in [1.807, 2.05) is 13.0 Å². The van der Waals surface area contributed by atoms with E-state index in [0.717, 1.165) is 11.6 Å². The van der Waals surface area contributed by atoms with Crippen LogP contribution < -0.4 is 14.8 Å². The summed E-state index contributed by atoms with van der Waals surface area (Å²) in [4.78, 5) is 12.5. The lowest BCUT2D eigenvalue weighted by Gasteiger charge is -2.12. The number of rotatable bonds is 3. The van der Waals surface area contributed by atoms with Gasteiger partial charge in [-0.1, -0.05) is 12.1 Å². The smallest absolute Gasteiger partial charge is 0.262 e. The van der Waals surface area contributed by atoms with Crippen molar-refractivity contribution in [2.24, 2.45) is 0 Å². The zero-order valence-corrected chi connectivity index (χ0v) is 16.4. The number of aryl methyl sites for hydroxylation is 2. The molecule has 8 heteroatoms. The molecule has 1 amide bonds. The summed E-state index contributed by atoms with van der Waals surface area (Å²) in [5.74, 6) is -0.285. The first-order valence-electron chi connectivity index (χ1n) is 8.76. The minimum Gasteiger partial charge on any atom is -0.454 e. The Morgan fingerprint density at radius 3 is 2.52 bits per heavy atom. The molecular weight excluding hydrogens is 395 g/mol. The van der Waals surface area contributed by atoms with E-state index in [9.17, 15) is 17.6 Å². The molecule has 0 bridgehead atoms. The standard InChI is InChI=1S/C21H17FN2O4S/c1-12-3-7-19-17(9-12)23-21(25)16-11-15(6-8-18(16)28-19)24-29(26,27)20-10-14(22)5-4-13(20)2/h3-11,24H,1-2H3,(H,23,25). The number of nitrogens with one attached hydrogen (secondary N) is 2. The van der Waals surface area contributed by atoms with Gasteiger partial charge in [-0.05, 0) is 67.4 Å². The van der Waals surface area contributed by atoms with Gasteiger partial charge in [-0.3, -0.25) is 9.52 Å². The van der Waals surface area contributed by atoms with Crippen LogP contribution in [0.5, 0.6) is 11.5 Å². The summed E-state index contributed by atoms with van der Waals surface area (Å²) in [5, 5.41) is 2.77. The molecule has 148 valence electrons. The molecule has 3 aromatic carbocycles. The fraction of sp³-hybridized carbons (Fsp3) is 0.0952. The van der Waals surface area contributed by atoms with Gasteiger partial charge in [-0.15, -0.1) is 0 Å². The quantitative estimate of drug-likeness (QED) is 0.658. The van der Waals surface area contributed by atoms with Gasteiger partial charge in [-0.25, -0.2) is 12.8 Å². The van der Waals surface area contributed by atoms with Crippen molar-refractivity contribution >= 4 is 27.3 Å². The van der Waals surface area contributed by atoms with E-state index in [0.29, 0.717) is 22.7 Å². The molecule has 0 saturated heterocycles. The average molecular weight is 412 g/mol. The molecule has 0 unspecified atom stereocenters. The fourth-order valence-corrected chi connectivity index (χ4v) is 4.38. The average Bonchev–Trinajstić information content (AvgIpc) is 2.79. The maximum atomic E-state index is 13.5. The summed E-state index contributed by atoms with van der Waals surface area (Å²) in [7, 11) is -4.04. The number of benzene rings is 3. The van der Waals surface area contributed by atoms with Gasteiger partial charge in [0.05, 0.1) is 16.1 Å². The first kappa shape index (κ1) is 18.9. The molecular formula is C21H17FN2O4S. The van der Waals surface area contributed by atoms with Crippen LogP contribution in [0.1, 0.15) is 21.5 Å². The molecule has 1 heterocycles. The predicted octanol–water partition coefficient (Wildman–Crippen LogP) is 4.60. The zero-order chi connectivity index (χ0) is 20.8. The summed E-state index contributed by atoms with van der Waals surface area (Å²) in [5.41, 5.74) is 2.23. The Hall–Kier alpha value is -3.39. The molecule has 1 aliphatic rings. The van der Waals surface area contributed by atoms with Crippen LogP contribution in [0.15, 0.2) is 59.5 Å². The summed E-state index contributed by atoms with van der Waals surface area (Å²) in [6.07, 6.45) is 0. The fourth-order valence-electron chi connectivity index (χ4n) is 3.07. The van der Waals surface area contributed by atoms with Crippen molar-refractivity contribution in [3.8, 4) is 11.5 Å². The zero-order valence-electron chi connectivity index (χ0n) is 15.6. The van der Waals surface area contributed by atoms with E-state index in [2.05, 4.69) is 10.0 Å². The minimum absolute atomic E-state index is 0.160. The van der Waals surface area contributed by atoms with Crippen molar-refractivity contribution < 1.29 is 22.3 Å². The lowest BCUT2D eigenvalue weighted by atomic mass is 10.1. The van der Waals surface area contributed by atoms with Crippen molar-refractivity contribution in [1.29, 1.82) is 0 Å². The van der Waals surface area contributed by atoms with Crippen molar-refractivity contribution in [1.82, 2.24) is 0 Å². The van der Waals surface area contributed by atoms with E-state index >= 15 is 0 Å². The molecule has 1 aliphatic heterocycles. The van der Waals surface area contributed by atoms with Crippen LogP contribution in [0.25, 0.3) is 0 Å². The maximum absolute atomic E-state index is 13.5. The largest absolute Gasteiger partial charge is 0.454 e. The highest BCUT2D eigenvalue weighted by Crippen LogP contribution is 2.37. The van der Waals surface area contributed by atoms with Crippen LogP contribution >= 0.6 is 0 Å². The molecule has 29 heavy (non-hydrogen) atoms. The van der Waals surface area contributed by atoms with E-state index in [-0.39, 0.29) is 16.1 Å². The molecule has 6 nitrogen and oxygen atoms in total. The first-order valence-corrected chi connectivity index (χ1v) is 10.2. The van der Waals surface area contributed by atoms with Crippen molar-refractivity contribution in [2.75, 3.05) is 10.0 Å². The van der Waals surface area contributed by atoms with Gasteiger partial charge >= 0.3 is 0 Å². The van der Waals surface area contributed by atoms with Gasteiger partial charge in [-0.2, -0.15) is 0 Å². The summed E-state index contributed by atoms with van der Waals surface area (Å²) < 4.78 is 47.1. The van der Waals surface area contributed by atoms with E-state index < -0.39 is 21.7 Å². The molecule has 0 fully saturated rings. The second-order valence-corrected chi connectivity index (χ2v) is 8.43. The van der Waals surface area contributed by atoms with Crippen LogP contribution in [-0.4, -0.2) is 14.3 Å². The Bertz CT molecular complexity index is 1260. The number of hydrogen-bond acceptors (Lipinski definition) is 4. The van der Waals surface area contributed by atoms with Crippen LogP contribution in [-0.2, 0) is 10.0 Å².